The average Bonchev–Trinajstić information content (AvgIpc) is 2.37. The van der Waals surface area contributed by atoms with Crippen molar-refractivity contribution in [2.24, 2.45) is 11.7 Å². The summed E-state index contributed by atoms with van der Waals surface area (Å²) >= 11 is 0. The van der Waals surface area contributed by atoms with E-state index in [9.17, 15) is 9.59 Å². The zero-order valence-corrected chi connectivity index (χ0v) is 12.6. The van der Waals surface area contributed by atoms with E-state index < -0.39 is 0 Å². The summed E-state index contributed by atoms with van der Waals surface area (Å²) in [6, 6.07) is 6.96. The summed E-state index contributed by atoms with van der Waals surface area (Å²) in [6.07, 6.45) is 0.310. The van der Waals surface area contributed by atoms with Crippen molar-refractivity contribution in [1.82, 2.24) is 4.90 Å². The monoisotopic (exact) mass is 292 g/mol. The highest BCUT2D eigenvalue weighted by Gasteiger charge is 2.12. The molecule has 0 heterocycles. The number of carbonyl (C=O) groups excluding carboxylic acids is 2. The highest BCUT2D eigenvalue weighted by atomic mass is 16.2. The first-order valence-corrected chi connectivity index (χ1v) is 7.03. The zero-order valence-electron chi connectivity index (χ0n) is 12.6. The number of benzene rings is 1. The van der Waals surface area contributed by atoms with Crippen molar-refractivity contribution in [3.05, 3.63) is 24.3 Å². The van der Waals surface area contributed by atoms with Crippen LogP contribution in [0.5, 0.6) is 0 Å². The number of rotatable bonds is 8. The fraction of sp³-hybridized carbons (Fsp3) is 0.467. The molecule has 0 radical (unpaired) electrons. The molecule has 1 aromatic rings. The Morgan fingerprint density at radius 2 is 1.86 bits per heavy atom. The van der Waals surface area contributed by atoms with E-state index in [1.807, 2.05) is 4.90 Å². The van der Waals surface area contributed by atoms with Gasteiger partial charge in [-0.25, -0.2) is 0 Å². The summed E-state index contributed by atoms with van der Waals surface area (Å²) in [6.45, 7) is 5.53. The van der Waals surface area contributed by atoms with Gasteiger partial charge in [-0.2, -0.15) is 0 Å². The average molecular weight is 292 g/mol. The first kappa shape index (κ1) is 17.0. The molecule has 0 fully saturated rings. The smallest absolute Gasteiger partial charge is 0.231 e. The number of nitrogens with two attached hydrogens (primary N) is 2. The van der Waals surface area contributed by atoms with Gasteiger partial charge in [0.05, 0.1) is 6.54 Å². The fourth-order valence-corrected chi connectivity index (χ4v) is 2.02. The molecule has 0 aliphatic rings. The van der Waals surface area contributed by atoms with E-state index in [1.54, 1.807) is 24.3 Å². The van der Waals surface area contributed by atoms with Crippen molar-refractivity contribution in [3.63, 3.8) is 0 Å². The molecule has 0 saturated heterocycles. The molecule has 6 heteroatoms. The molecule has 1 aromatic carbocycles. The molecule has 0 bridgehead atoms. The second-order valence-corrected chi connectivity index (χ2v) is 5.52. The Morgan fingerprint density at radius 3 is 2.38 bits per heavy atom. The summed E-state index contributed by atoms with van der Waals surface area (Å²) in [7, 11) is 0. The molecule has 0 unspecified atom stereocenters. The van der Waals surface area contributed by atoms with Gasteiger partial charge >= 0.3 is 0 Å². The van der Waals surface area contributed by atoms with Crippen LogP contribution in [0.4, 0.5) is 11.4 Å². The molecule has 21 heavy (non-hydrogen) atoms. The lowest BCUT2D eigenvalue weighted by atomic mass is 10.2. The summed E-state index contributed by atoms with van der Waals surface area (Å²) in [5, 5.41) is 2.79. The molecule has 0 saturated carbocycles. The van der Waals surface area contributed by atoms with Gasteiger partial charge in [0.1, 0.15) is 0 Å². The van der Waals surface area contributed by atoms with Gasteiger partial charge in [0, 0.05) is 30.9 Å². The normalized spacial score (nSPS) is 10.9. The zero-order chi connectivity index (χ0) is 15.8. The number of nitrogens with one attached hydrogen (secondary N) is 1. The number of anilines is 2. The maximum Gasteiger partial charge on any atom is 0.231 e. The first-order valence-electron chi connectivity index (χ1n) is 7.03. The molecule has 6 nitrogen and oxygen atoms in total. The third kappa shape index (κ3) is 7.31. The molecule has 0 spiro atoms. The second-order valence-electron chi connectivity index (χ2n) is 5.52. The Bertz CT molecular complexity index is 471. The van der Waals surface area contributed by atoms with Gasteiger partial charge in [-0.05, 0) is 30.2 Å². The van der Waals surface area contributed by atoms with Crippen LogP contribution in [0, 0.1) is 5.92 Å². The molecular formula is C15H24N4O2. The molecule has 0 aliphatic carbocycles. The topological polar surface area (TPSA) is 101 Å². The highest BCUT2D eigenvalue weighted by Crippen LogP contribution is 2.10. The van der Waals surface area contributed by atoms with Crippen molar-refractivity contribution in [1.29, 1.82) is 0 Å². The predicted octanol–water partition coefficient (Wildman–Crippen LogP) is 1.04. The lowest BCUT2D eigenvalue weighted by Crippen LogP contribution is -2.38. The van der Waals surface area contributed by atoms with Gasteiger partial charge < -0.3 is 16.8 Å². The Morgan fingerprint density at radius 1 is 1.24 bits per heavy atom. The van der Waals surface area contributed by atoms with Crippen molar-refractivity contribution in [2.45, 2.75) is 20.3 Å². The molecule has 5 N–H and O–H groups in total. The SMILES string of the molecule is CC(C)CN(CCC(=O)Nc1ccc(N)cc1)CC(N)=O. The number of primary amides is 1. The van der Waals surface area contributed by atoms with Crippen LogP contribution >= 0.6 is 0 Å². The molecule has 0 aliphatic heterocycles. The van der Waals surface area contributed by atoms with Crippen LogP contribution in [0.15, 0.2) is 24.3 Å². The number of amides is 2. The maximum absolute atomic E-state index is 11.9. The van der Waals surface area contributed by atoms with Gasteiger partial charge in [0.15, 0.2) is 0 Å². The molecule has 1 rings (SSSR count). The third-order valence-corrected chi connectivity index (χ3v) is 2.85. The summed E-state index contributed by atoms with van der Waals surface area (Å²) < 4.78 is 0. The molecule has 2 amide bonds. The van der Waals surface area contributed by atoms with Crippen LogP contribution in [0.25, 0.3) is 0 Å². The Balaban J connectivity index is 2.44. The number of hydrogen-bond acceptors (Lipinski definition) is 4. The van der Waals surface area contributed by atoms with Gasteiger partial charge in [0.25, 0.3) is 0 Å². The van der Waals surface area contributed by atoms with Gasteiger partial charge in [0.2, 0.25) is 11.8 Å². The van der Waals surface area contributed by atoms with Gasteiger partial charge in [-0.3, -0.25) is 14.5 Å². The van der Waals surface area contributed by atoms with Crippen LogP contribution in [0.3, 0.4) is 0 Å². The van der Waals surface area contributed by atoms with Gasteiger partial charge in [-0.15, -0.1) is 0 Å². The summed E-state index contributed by atoms with van der Waals surface area (Å²) in [4.78, 5) is 24.8. The van der Waals surface area contributed by atoms with E-state index in [-0.39, 0.29) is 18.4 Å². The first-order chi connectivity index (χ1) is 9.86. The minimum atomic E-state index is -0.380. The van der Waals surface area contributed by atoms with Crippen LogP contribution in [0.1, 0.15) is 20.3 Å². The maximum atomic E-state index is 11.9. The highest BCUT2D eigenvalue weighted by molar-refractivity contribution is 5.91. The van der Waals surface area contributed by atoms with Crippen molar-refractivity contribution >= 4 is 23.2 Å². The van der Waals surface area contributed by atoms with Gasteiger partial charge in [-0.1, -0.05) is 13.8 Å². The Labute approximate surface area is 125 Å². The number of nitrogens with zero attached hydrogens (tertiary/aromatic N) is 1. The largest absolute Gasteiger partial charge is 0.399 e. The van der Waals surface area contributed by atoms with Crippen molar-refractivity contribution in [2.75, 3.05) is 30.7 Å². The van der Waals surface area contributed by atoms with E-state index in [1.165, 1.54) is 0 Å². The lowest BCUT2D eigenvalue weighted by molar-refractivity contribution is -0.120. The summed E-state index contributed by atoms with van der Waals surface area (Å²) in [5.74, 6) is -0.0721. The number of nitrogen functional groups attached to an aromatic ring is 1. The Hall–Kier alpha value is -2.08. The predicted molar refractivity (Wildman–Crippen MR) is 84.6 cm³/mol. The minimum Gasteiger partial charge on any atom is -0.399 e. The second kappa shape index (κ2) is 8.26. The van der Waals surface area contributed by atoms with E-state index in [2.05, 4.69) is 19.2 Å². The van der Waals surface area contributed by atoms with Crippen LogP contribution in [0.2, 0.25) is 0 Å². The van der Waals surface area contributed by atoms with E-state index in [4.69, 9.17) is 11.5 Å². The standard InChI is InChI=1S/C15H24N4O2/c1-11(2)9-19(10-14(17)20)8-7-15(21)18-13-5-3-12(16)4-6-13/h3-6,11H,7-10,16H2,1-2H3,(H2,17,20)(H,18,21). The minimum absolute atomic E-state index is 0.0991. The molecule has 0 atom stereocenters. The molecular weight excluding hydrogens is 268 g/mol. The van der Waals surface area contributed by atoms with E-state index >= 15 is 0 Å². The van der Waals surface area contributed by atoms with E-state index in [0.717, 1.165) is 6.54 Å². The van der Waals surface area contributed by atoms with Crippen molar-refractivity contribution in [3.8, 4) is 0 Å². The van der Waals surface area contributed by atoms with Crippen LogP contribution in [-0.4, -0.2) is 36.3 Å². The van der Waals surface area contributed by atoms with Crippen LogP contribution < -0.4 is 16.8 Å². The number of hydrogen-bond donors (Lipinski definition) is 3. The third-order valence-electron chi connectivity index (χ3n) is 2.85. The number of carbonyl (C=O) groups is 2. The Kier molecular flexibility index (Phi) is 6.68. The summed E-state index contributed by atoms with van der Waals surface area (Å²) in [5.41, 5.74) is 12.2. The van der Waals surface area contributed by atoms with E-state index in [0.29, 0.717) is 30.3 Å². The fourth-order valence-electron chi connectivity index (χ4n) is 2.02. The van der Waals surface area contributed by atoms with Crippen LogP contribution in [-0.2, 0) is 9.59 Å². The van der Waals surface area contributed by atoms with Crippen molar-refractivity contribution < 1.29 is 9.59 Å². The molecule has 0 aromatic heterocycles. The quantitative estimate of drug-likeness (QED) is 0.623. The lowest BCUT2D eigenvalue weighted by Gasteiger charge is -2.22. The molecule has 116 valence electrons.